The standard InChI is InChI=1S/C60H47B7N2/c61-51-48(38-28-29-47-45(33-38)44-26-15-25-43(37-22-11-4-12-23-37)58(44)69(47)46-27-14-13-24-42(46)36-20-9-3-10-21-36)52(62)56(66)59-49(51)50-53(63)54(64)55(65)57(67)60(50)68(59)41-31-39(34-16-5-1-6-17-34)30-40(32-41)35-18-7-2-8-19-35/h1-33H,61-67H2. The maximum absolute atomic E-state index is 2.61. The van der Waals surface area contributed by atoms with Crippen molar-refractivity contribution >= 4 is 137 Å². The number of benzene rings is 10. The van der Waals surface area contributed by atoms with Gasteiger partial charge in [0.15, 0.2) is 0 Å². The maximum Gasteiger partial charge on any atom is 0.141 e. The van der Waals surface area contributed by atoms with Crippen LogP contribution in [0.4, 0.5) is 0 Å². The molecule has 12 rings (SSSR count). The molecule has 0 aliphatic carbocycles. The third kappa shape index (κ3) is 6.73. The molecule has 2 nitrogen and oxygen atoms in total. The summed E-state index contributed by atoms with van der Waals surface area (Å²) in [5.74, 6) is 0. The fourth-order valence-electron chi connectivity index (χ4n) is 11.6. The number of hydrogen-bond donors (Lipinski definition) is 0. The highest BCUT2D eigenvalue weighted by molar-refractivity contribution is 6.69. The fourth-order valence-corrected chi connectivity index (χ4v) is 11.6. The van der Waals surface area contributed by atoms with Crippen molar-refractivity contribution in [1.29, 1.82) is 0 Å². The van der Waals surface area contributed by atoms with E-state index in [0.717, 1.165) is 0 Å². The Kier molecular flexibility index (Phi) is 10.4. The first kappa shape index (κ1) is 42.6. The zero-order chi connectivity index (χ0) is 47.1. The first-order valence-corrected chi connectivity index (χ1v) is 24.3. The van der Waals surface area contributed by atoms with Gasteiger partial charge in [-0.25, -0.2) is 0 Å². The average molecular weight is 872 g/mol. The van der Waals surface area contributed by atoms with E-state index < -0.39 is 0 Å². The highest BCUT2D eigenvalue weighted by atomic mass is 15.0. The van der Waals surface area contributed by atoms with Gasteiger partial charge in [-0.1, -0.05) is 197 Å². The summed E-state index contributed by atoms with van der Waals surface area (Å²) in [6, 6.07) is 73.5. The van der Waals surface area contributed by atoms with Crippen LogP contribution in [0.25, 0.3) is 111 Å². The summed E-state index contributed by atoms with van der Waals surface area (Å²) < 4.78 is 5.13. The third-order valence-corrected chi connectivity index (χ3v) is 15.4. The van der Waals surface area contributed by atoms with E-state index in [-0.39, 0.29) is 0 Å². The van der Waals surface area contributed by atoms with E-state index in [9.17, 15) is 0 Å². The molecule has 0 amide bonds. The summed E-state index contributed by atoms with van der Waals surface area (Å²) in [7, 11) is 16.4. The van der Waals surface area contributed by atoms with Gasteiger partial charge in [0.2, 0.25) is 0 Å². The molecule has 69 heavy (non-hydrogen) atoms. The van der Waals surface area contributed by atoms with Gasteiger partial charge in [0.25, 0.3) is 0 Å². The molecule has 0 radical (unpaired) electrons. The Morgan fingerprint density at radius 2 is 0.768 bits per heavy atom. The summed E-state index contributed by atoms with van der Waals surface area (Å²) in [5.41, 5.74) is 28.8. The number of fused-ring (bicyclic) bond motifs is 6. The fraction of sp³-hybridized carbons (Fsp3) is 0. The SMILES string of the molecule is Bc1c(B)c(B)c2c(c1B)c1c(B)c(-c3ccc4c(c3)c3cccc(-c5ccccc5)c3n4-c3ccccc3-c3ccccc3)c(B)c(B)c1n2-c1cc(-c2ccccc2)cc(-c2ccccc2)c1. The number of para-hydroxylation sites is 2. The molecule has 318 valence electrons. The molecule has 0 N–H and O–H groups in total. The van der Waals surface area contributed by atoms with Gasteiger partial charge in [-0.2, -0.15) is 0 Å². The van der Waals surface area contributed by atoms with E-state index in [1.165, 1.54) is 149 Å². The maximum atomic E-state index is 2.61. The topological polar surface area (TPSA) is 9.86 Å². The van der Waals surface area contributed by atoms with Crippen LogP contribution in [-0.2, 0) is 0 Å². The minimum Gasteiger partial charge on any atom is -0.310 e. The Hall–Kier alpha value is -7.75. The van der Waals surface area contributed by atoms with E-state index in [2.05, 4.69) is 264 Å². The summed E-state index contributed by atoms with van der Waals surface area (Å²) >= 11 is 0. The number of nitrogens with zero attached hydrogens (tertiary/aromatic N) is 2. The van der Waals surface area contributed by atoms with E-state index in [0.29, 0.717) is 0 Å². The molecule has 0 unspecified atom stereocenters. The van der Waals surface area contributed by atoms with Crippen molar-refractivity contribution in [2.45, 2.75) is 0 Å². The van der Waals surface area contributed by atoms with Gasteiger partial charge in [0.05, 0.1) is 16.7 Å². The van der Waals surface area contributed by atoms with Crippen LogP contribution >= 0.6 is 0 Å². The highest BCUT2D eigenvalue weighted by Crippen LogP contribution is 2.42. The first-order valence-electron chi connectivity index (χ1n) is 24.3. The molecule has 0 atom stereocenters. The summed E-state index contributed by atoms with van der Waals surface area (Å²) in [6.45, 7) is 0. The molecular weight excluding hydrogens is 824 g/mol. The quantitative estimate of drug-likeness (QED) is 0.215. The van der Waals surface area contributed by atoms with Gasteiger partial charge in [-0.15, -0.1) is 5.46 Å². The molecule has 0 aliphatic heterocycles. The summed E-state index contributed by atoms with van der Waals surface area (Å²) in [4.78, 5) is 0. The van der Waals surface area contributed by atoms with Crippen LogP contribution < -0.4 is 38.2 Å². The van der Waals surface area contributed by atoms with Crippen LogP contribution in [0.3, 0.4) is 0 Å². The minimum atomic E-state index is 1.17. The molecule has 12 aromatic rings. The molecule has 10 aromatic carbocycles. The minimum absolute atomic E-state index is 1.17. The van der Waals surface area contributed by atoms with Gasteiger partial charge < -0.3 is 9.13 Å². The molecule has 0 saturated heterocycles. The third-order valence-electron chi connectivity index (χ3n) is 15.4. The lowest BCUT2D eigenvalue weighted by atomic mass is 9.64. The van der Waals surface area contributed by atoms with Crippen molar-refractivity contribution < 1.29 is 0 Å². The lowest BCUT2D eigenvalue weighted by Crippen LogP contribution is -2.48. The van der Waals surface area contributed by atoms with Crippen LogP contribution in [0.5, 0.6) is 0 Å². The first-order chi connectivity index (χ1) is 33.7. The normalized spacial score (nSPS) is 11.6. The molecular formula is C60H47B7N2. The molecule has 0 spiro atoms. The van der Waals surface area contributed by atoms with Crippen LogP contribution in [-0.4, -0.2) is 64.1 Å². The lowest BCUT2D eigenvalue weighted by molar-refractivity contribution is 1.18. The Balaban J connectivity index is 1.16. The zero-order valence-electron chi connectivity index (χ0n) is 40.4. The van der Waals surface area contributed by atoms with Gasteiger partial charge >= 0.3 is 0 Å². The summed E-state index contributed by atoms with van der Waals surface area (Å²) in [6.07, 6.45) is 0. The molecule has 9 heteroatoms. The van der Waals surface area contributed by atoms with Crippen LogP contribution in [0, 0.1) is 0 Å². The highest BCUT2D eigenvalue weighted by Gasteiger charge is 2.26. The predicted octanol–water partition coefficient (Wildman–Crippen LogP) is 4.02. The average Bonchev–Trinajstić information content (AvgIpc) is 3.94. The van der Waals surface area contributed by atoms with Crippen LogP contribution in [0.15, 0.2) is 200 Å². The van der Waals surface area contributed by atoms with Crippen molar-refractivity contribution in [3.8, 4) is 67.0 Å². The second-order valence-corrected chi connectivity index (χ2v) is 19.1. The van der Waals surface area contributed by atoms with Crippen molar-refractivity contribution in [2.24, 2.45) is 0 Å². The summed E-state index contributed by atoms with van der Waals surface area (Å²) in [5, 5.41) is 5.17. The number of hydrogen-bond acceptors (Lipinski definition) is 0. The second-order valence-electron chi connectivity index (χ2n) is 19.1. The molecule has 2 aromatic heterocycles. The largest absolute Gasteiger partial charge is 0.310 e. The Morgan fingerprint density at radius 3 is 1.38 bits per heavy atom. The van der Waals surface area contributed by atoms with Gasteiger partial charge in [0, 0.05) is 44.0 Å². The van der Waals surface area contributed by atoms with E-state index in [1.807, 2.05) is 0 Å². The van der Waals surface area contributed by atoms with Crippen molar-refractivity contribution in [2.75, 3.05) is 0 Å². The van der Waals surface area contributed by atoms with Crippen molar-refractivity contribution in [1.82, 2.24) is 9.13 Å². The Morgan fingerprint density at radius 1 is 0.275 bits per heavy atom. The van der Waals surface area contributed by atoms with E-state index in [4.69, 9.17) is 0 Å². The van der Waals surface area contributed by atoms with Crippen LogP contribution in [0.2, 0.25) is 0 Å². The van der Waals surface area contributed by atoms with Gasteiger partial charge in [0.1, 0.15) is 54.9 Å². The molecule has 0 bridgehead atoms. The zero-order valence-corrected chi connectivity index (χ0v) is 40.4. The molecule has 2 heterocycles. The second kappa shape index (κ2) is 16.8. The molecule has 0 aliphatic rings. The monoisotopic (exact) mass is 872 g/mol. The van der Waals surface area contributed by atoms with Crippen LogP contribution in [0.1, 0.15) is 0 Å². The Bertz CT molecular complexity index is 3960. The van der Waals surface area contributed by atoms with Crippen molar-refractivity contribution in [3.05, 3.63) is 200 Å². The van der Waals surface area contributed by atoms with E-state index >= 15 is 0 Å². The number of aromatic nitrogens is 2. The molecule has 0 saturated carbocycles. The van der Waals surface area contributed by atoms with Crippen molar-refractivity contribution in [3.63, 3.8) is 0 Å². The Labute approximate surface area is 410 Å². The van der Waals surface area contributed by atoms with Gasteiger partial charge in [-0.05, 0) is 86.3 Å². The van der Waals surface area contributed by atoms with Gasteiger partial charge in [-0.3, -0.25) is 0 Å². The molecule has 0 fully saturated rings. The lowest BCUT2D eigenvalue weighted by Gasteiger charge is -2.20. The smallest absolute Gasteiger partial charge is 0.141 e. The number of rotatable bonds is 7. The predicted molar refractivity (Wildman–Crippen MR) is 320 cm³/mol. The van der Waals surface area contributed by atoms with E-state index in [1.54, 1.807) is 0 Å².